The molecule has 2 unspecified atom stereocenters. The van der Waals surface area contributed by atoms with Crippen LogP contribution < -0.4 is 5.32 Å². The van der Waals surface area contributed by atoms with Gasteiger partial charge in [-0.3, -0.25) is 0 Å². The van der Waals surface area contributed by atoms with Gasteiger partial charge in [-0.05, 0) is 32.7 Å². The summed E-state index contributed by atoms with van der Waals surface area (Å²) in [6, 6.07) is 0.728. The summed E-state index contributed by atoms with van der Waals surface area (Å²) in [4.78, 5) is 0. The second-order valence-electron chi connectivity index (χ2n) is 5.58. The van der Waals surface area contributed by atoms with Gasteiger partial charge >= 0.3 is 0 Å². The maximum atomic E-state index is 6.11. The molecule has 0 aliphatic heterocycles. The van der Waals surface area contributed by atoms with Crippen molar-refractivity contribution in [2.24, 2.45) is 5.41 Å². The van der Waals surface area contributed by atoms with Crippen LogP contribution in [0.1, 0.15) is 58.3 Å². The molecular weight excluding hydrogens is 198 g/mol. The van der Waals surface area contributed by atoms with Gasteiger partial charge < -0.3 is 10.1 Å². The number of hydrogen-bond donors (Lipinski definition) is 1. The van der Waals surface area contributed by atoms with E-state index in [2.05, 4.69) is 19.3 Å². The average Bonchev–Trinajstić information content (AvgIpc) is 2.79. The Morgan fingerprint density at radius 2 is 2.00 bits per heavy atom. The predicted octanol–water partition coefficient (Wildman–Crippen LogP) is 3.11. The highest BCUT2D eigenvalue weighted by atomic mass is 16.5. The number of ether oxygens (including phenoxy) is 1. The van der Waals surface area contributed by atoms with E-state index in [0.29, 0.717) is 11.5 Å². The second kappa shape index (κ2) is 5.50. The molecule has 2 rings (SSSR count). The summed E-state index contributed by atoms with van der Waals surface area (Å²) in [6.07, 6.45) is 11.2. The third-order valence-corrected chi connectivity index (χ3v) is 4.73. The van der Waals surface area contributed by atoms with Crippen molar-refractivity contribution >= 4 is 0 Å². The van der Waals surface area contributed by atoms with Crippen LogP contribution in [-0.2, 0) is 4.74 Å². The van der Waals surface area contributed by atoms with E-state index < -0.39 is 0 Å². The standard InChI is InChI=1S/C14H27NO/c1-3-4-7-10-16-13-11-12(15-2)14(13)8-5-6-9-14/h12-13,15H,3-11H2,1-2H3. The van der Waals surface area contributed by atoms with Gasteiger partial charge in [-0.15, -0.1) is 0 Å². The molecule has 2 nitrogen and oxygen atoms in total. The summed E-state index contributed by atoms with van der Waals surface area (Å²) in [5, 5.41) is 3.49. The lowest BCUT2D eigenvalue weighted by Gasteiger charge is -2.54. The minimum absolute atomic E-state index is 0.515. The van der Waals surface area contributed by atoms with Gasteiger partial charge in [0.1, 0.15) is 0 Å². The molecule has 94 valence electrons. The molecule has 1 spiro atoms. The van der Waals surface area contributed by atoms with Gasteiger partial charge in [-0.25, -0.2) is 0 Å². The summed E-state index contributed by atoms with van der Waals surface area (Å²) in [6.45, 7) is 3.23. The Labute approximate surface area is 100 Å². The third-order valence-electron chi connectivity index (χ3n) is 4.73. The number of rotatable bonds is 6. The minimum Gasteiger partial charge on any atom is -0.378 e. The molecule has 2 aliphatic carbocycles. The van der Waals surface area contributed by atoms with Crippen LogP contribution in [0.25, 0.3) is 0 Å². The number of hydrogen-bond acceptors (Lipinski definition) is 2. The molecule has 2 fully saturated rings. The van der Waals surface area contributed by atoms with Crippen molar-refractivity contribution in [3.63, 3.8) is 0 Å². The molecule has 2 heteroatoms. The highest BCUT2D eigenvalue weighted by Gasteiger charge is 2.55. The van der Waals surface area contributed by atoms with E-state index in [0.717, 1.165) is 12.6 Å². The van der Waals surface area contributed by atoms with Crippen LogP contribution in [0.5, 0.6) is 0 Å². The molecule has 0 aromatic carbocycles. The Morgan fingerprint density at radius 3 is 2.62 bits per heavy atom. The van der Waals surface area contributed by atoms with E-state index in [1.165, 1.54) is 51.4 Å². The van der Waals surface area contributed by atoms with Crippen LogP contribution in [0.15, 0.2) is 0 Å². The van der Waals surface area contributed by atoms with Crippen LogP contribution in [0.2, 0.25) is 0 Å². The van der Waals surface area contributed by atoms with Crippen molar-refractivity contribution in [1.29, 1.82) is 0 Å². The van der Waals surface area contributed by atoms with Crippen molar-refractivity contribution in [3.8, 4) is 0 Å². The summed E-state index contributed by atoms with van der Waals surface area (Å²) >= 11 is 0. The second-order valence-corrected chi connectivity index (χ2v) is 5.58. The summed E-state index contributed by atoms with van der Waals surface area (Å²) in [5.74, 6) is 0. The fourth-order valence-electron chi connectivity index (χ4n) is 3.67. The Balaban J connectivity index is 1.78. The Kier molecular flexibility index (Phi) is 4.26. The Hall–Kier alpha value is -0.0800. The molecule has 16 heavy (non-hydrogen) atoms. The Morgan fingerprint density at radius 1 is 1.25 bits per heavy atom. The van der Waals surface area contributed by atoms with E-state index in [4.69, 9.17) is 4.74 Å². The van der Waals surface area contributed by atoms with Crippen LogP contribution in [0.4, 0.5) is 0 Å². The zero-order chi connectivity index (χ0) is 11.4. The van der Waals surface area contributed by atoms with Gasteiger partial charge in [-0.2, -0.15) is 0 Å². The van der Waals surface area contributed by atoms with Gasteiger partial charge in [0.2, 0.25) is 0 Å². The highest BCUT2D eigenvalue weighted by molar-refractivity contribution is 5.09. The smallest absolute Gasteiger partial charge is 0.0661 e. The van der Waals surface area contributed by atoms with Gasteiger partial charge in [0.15, 0.2) is 0 Å². The average molecular weight is 225 g/mol. The van der Waals surface area contributed by atoms with Crippen LogP contribution in [0.3, 0.4) is 0 Å². The first-order valence-corrected chi connectivity index (χ1v) is 7.12. The molecule has 2 saturated carbocycles. The van der Waals surface area contributed by atoms with E-state index in [1.54, 1.807) is 0 Å². The molecule has 2 aliphatic rings. The summed E-state index contributed by atoms with van der Waals surface area (Å²) in [5.41, 5.74) is 0.515. The monoisotopic (exact) mass is 225 g/mol. The van der Waals surface area contributed by atoms with Crippen molar-refractivity contribution in [2.75, 3.05) is 13.7 Å². The van der Waals surface area contributed by atoms with Crippen molar-refractivity contribution in [3.05, 3.63) is 0 Å². The molecule has 2 atom stereocenters. The molecule has 0 amide bonds. The fraction of sp³-hybridized carbons (Fsp3) is 1.00. The maximum Gasteiger partial charge on any atom is 0.0661 e. The van der Waals surface area contributed by atoms with Crippen LogP contribution in [0, 0.1) is 5.41 Å². The summed E-state index contributed by atoms with van der Waals surface area (Å²) < 4.78 is 6.11. The maximum absolute atomic E-state index is 6.11. The van der Waals surface area contributed by atoms with Gasteiger partial charge in [0.25, 0.3) is 0 Å². The van der Waals surface area contributed by atoms with E-state index in [-0.39, 0.29) is 0 Å². The molecular formula is C14H27NO. The van der Waals surface area contributed by atoms with E-state index >= 15 is 0 Å². The van der Waals surface area contributed by atoms with Crippen molar-refractivity contribution < 1.29 is 4.74 Å². The zero-order valence-corrected chi connectivity index (χ0v) is 10.9. The van der Waals surface area contributed by atoms with E-state index in [9.17, 15) is 0 Å². The van der Waals surface area contributed by atoms with E-state index in [1.807, 2.05) is 0 Å². The first kappa shape index (κ1) is 12.4. The molecule has 0 aromatic heterocycles. The lowest BCUT2D eigenvalue weighted by Crippen LogP contribution is -2.61. The molecule has 0 aromatic rings. The largest absolute Gasteiger partial charge is 0.378 e. The first-order valence-electron chi connectivity index (χ1n) is 7.12. The predicted molar refractivity (Wildman–Crippen MR) is 67.6 cm³/mol. The van der Waals surface area contributed by atoms with Crippen molar-refractivity contribution in [2.45, 2.75) is 70.4 Å². The topological polar surface area (TPSA) is 21.3 Å². The molecule has 0 radical (unpaired) electrons. The SMILES string of the molecule is CCCCCOC1CC(NC)C12CCCC2. The normalized spacial score (nSPS) is 31.9. The van der Waals surface area contributed by atoms with Gasteiger partial charge in [0.05, 0.1) is 6.10 Å². The fourth-order valence-corrected chi connectivity index (χ4v) is 3.67. The lowest BCUT2D eigenvalue weighted by atomic mass is 9.60. The third kappa shape index (κ3) is 2.14. The van der Waals surface area contributed by atoms with Crippen LogP contribution >= 0.6 is 0 Å². The van der Waals surface area contributed by atoms with Gasteiger partial charge in [0, 0.05) is 18.1 Å². The van der Waals surface area contributed by atoms with Crippen LogP contribution in [-0.4, -0.2) is 25.8 Å². The number of unbranched alkanes of at least 4 members (excludes halogenated alkanes) is 2. The quantitative estimate of drug-likeness (QED) is 0.701. The summed E-state index contributed by atoms with van der Waals surface area (Å²) in [7, 11) is 2.11. The van der Waals surface area contributed by atoms with Gasteiger partial charge in [-0.1, -0.05) is 32.6 Å². The number of nitrogens with one attached hydrogen (secondary N) is 1. The molecule has 1 N–H and O–H groups in total. The van der Waals surface area contributed by atoms with Crippen molar-refractivity contribution in [1.82, 2.24) is 5.32 Å². The first-order chi connectivity index (χ1) is 7.83. The molecule has 0 saturated heterocycles. The zero-order valence-electron chi connectivity index (χ0n) is 10.9. The lowest BCUT2D eigenvalue weighted by molar-refractivity contribution is -0.132. The molecule has 0 bridgehead atoms. The Bertz CT molecular complexity index is 211. The molecule has 0 heterocycles. The minimum atomic E-state index is 0.515. The highest BCUT2D eigenvalue weighted by Crippen LogP contribution is 2.54.